The quantitative estimate of drug-likeness (QED) is 0.834. The van der Waals surface area contributed by atoms with E-state index in [1.807, 2.05) is 0 Å². The third kappa shape index (κ3) is 2.94. The number of rotatable bonds is 4. The molecule has 25 heavy (non-hydrogen) atoms. The van der Waals surface area contributed by atoms with E-state index < -0.39 is 6.10 Å². The molecule has 0 radical (unpaired) electrons. The van der Waals surface area contributed by atoms with E-state index in [9.17, 15) is 14.7 Å². The fraction of sp³-hybridized carbons (Fsp3) is 0.722. The number of piperazine rings is 1. The average Bonchev–Trinajstić information content (AvgIpc) is 3.08. The molecule has 2 heterocycles. The number of nitrogens with one attached hydrogen (secondary N) is 1. The van der Waals surface area contributed by atoms with Crippen molar-refractivity contribution in [2.45, 2.75) is 50.7 Å². The summed E-state index contributed by atoms with van der Waals surface area (Å²) in [6.07, 6.45) is 6.35. The van der Waals surface area contributed by atoms with Crippen LogP contribution in [0.1, 0.15) is 38.3 Å². The molecule has 3 aliphatic rings. The maximum absolute atomic E-state index is 12.8. The molecule has 0 unspecified atom stereocenters. The molecule has 136 valence electrons. The predicted molar refractivity (Wildman–Crippen MR) is 90.4 cm³/mol. The Morgan fingerprint density at radius 1 is 1.44 bits per heavy atom. The van der Waals surface area contributed by atoms with Crippen molar-refractivity contribution < 1.29 is 14.7 Å². The molecule has 1 aliphatic heterocycles. The largest absolute Gasteiger partial charge is 0.383 e. The van der Waals surface area contributed by atoms with E-state index in [-0.39, 0.29) is 29.7 Å². The number of aromatic amines is 1. The maximum Gasteiger partial charge on any atom is 0.251 e. The molecule has 7 nitrogen and oxygen atoms in total. The number of H-pyrrole nitrogens is 1. The highest BCUT2D eigenvalue weighted by Gasteiger charge is 2.53. The number of aliphatic hydroxyl groups excluding tert-OH is 1. The number of hydrogen-bond acceptors (Lipinski definition) is 4. The number of carbonyl (C=O) groups excluding carboxylic acids is 2. The lowest BCUT2D eigenvalue weighted by atomic mass is 9.73. The molecule has 2 aliphatic carbocycles. The molecule has 1 saturated heterocycles. The van der Waals surface area contributed by atoms with Crippen LogP contribution in [0.25, 0.3) is 0 Å². The number of amides is 2. The van der Waals surface area contributed by atoms with Crippen LogP contribution >= 0.6 is 0 Å². The van der Waals surface area contributed by atoms with Crippen LogP contribution in [0.5, 0.6) is 0 Å². The van der Waals surface area contributed by atoms with E-state index in [0.29, 0.717) is 25.6 Å². The summed E-state index contributed by atoms with van der Waals surface area (Å²) in [5.41, 5.74) is 0.553. The molecule has 0 bridgehead atoms. The summed E-state index contributed by atoms with van der Waals surface area (Å²) in [6, 6.07) is 0. The SMILES string of the molecule is C[C@H]1C[C@@H]1C(=O)N1CCN(C(=O)[C@@H](O)Cc2cnc[nH]2)CC12CCC2. The minimum atomic E-state index is -1.07. The van der Waals surface area contributed by atoms with E-state index in [0.717, 1.165) is 31.4 Å². The van der Waals surface area contributed by atoms with Crippen LogP contribution in [0.3, 0.4) is 0 Å². The van der Waals surface area contributed by atoms with Gasteiger partial charge in [-0.05, 0) is 31.6 Å². The van der Waals surface area contributed by atoms with Crippen LogP contribution in [-0.2, 0) is 16.0 Å². The molecule has 0 aromatic carbocycles. The van der Waals surface area contributed by atoms with Gasteiger partial charge in [-0.25, -0.2) is 4.98 Å². The Balaban J connectivity index is 1.42. The highest BCUT2D eigenvalue weighted by molar-refractivity contribution is 5.84. The second kappa shape index (κ2) is 6.12. The van der Waals surface area contributed by atoms with E-state index in [4.69, 9.17) is 0 Å². The summed E-state index contributed by atoms with van der Waals surface area (Å²) in [7, 11) is 0. The fourth-order valence-electron chi connectivity index (χ4n) is 4.29. The number of aromatic nitrogens is 2. The van der Waals surface area contributed by atoms with Crippen LogP contribution in [0.2, 0.25) is 0 Å². The van der Waals surface area contributed by atoms with Gasteiger partial charge in [-0.15, -0.1) is 0 Å². The summed E-state index contributed by atoms with van der Waals surface area (Å²) in [5.74, 6) is 0.719. The van der Waals surface area contributed by atoms with Gasteiger partial charge < -0.3 is 19.9 Å². The lowest BCUT2D eigenvalue weighted by molar-refractivity contribution is -0.160. The Labute approximate surface area is 147 Å². The van der Waals surface area contributed by atoms with Crippen molar-refractivity contribution in [1.29, 1.82) is 0 Å². The summed E-state index contributed by atoms with van der Waals surface area (Å²) in [5, 5.41) is 10.3. The first-order valence-electron chi connectivity index (χ1n) is 9.26. The molecule has 1 aromatic rings. The van der Waals surface area contributed by atoms with Crippen molar-refractivity contribution in [3.05, 3.63) is 18.2 Å². The van der Waals surface area contributed by atoms with Crippen LogP contribution in [0, 0.1) is 11.8 Å². The number of aliphatic hydroxyl groups is 1. The molecule has 3 atom stereocenters. The van der Waals surface area contributed by atoms with Crippen molar-refractivity contribution in [3.63, 3.8) is 0 Å². The smallest absolute Gasteiger partial charge is 0.251 e. The van der Waals surface area contributed by atoms with Gasteiger partial charge in [0.2, 0.25) is 5.91 Å². The minimum absolute atomic E-state index is 0.186. The molecule has 4 rings (SSSR count). The first-order chi connectivity index (χ1) is 12.0. The first-order valence-corrected chi connectivity index (χ1v) is 9.26. The number of imidazole rings is 1. The molecular weight excluding hydrogens is 320 g/mol. The van der Waals surface area contributed by atoms with Crippen molar-refractivity contribution in [2.75, 3.05) is 19.6 Å². The molecule has 1 aromatic heterocycles. The minimum Gasteiger partial charge on any atom is -0.383 e. The van der Waals surface area contributed by atoms with Crippen molar-refractivity contribution in [1.82, 2.24) is 19.8 Å². The van der Waals surface area contributed by atoms with Crippen molar-refractivity contribution in [2.24, 2.45) is 11.8 Å². The Kier molecular flexibility index (Phi) is 4.06. The van der Waals surface area contributed by atoms with E-state index >= 15 is 0 Å². The number of carbonyl (C=O) groups is 2. The molecule has 2 N–H and O–H groups in total. The summed E-state index contributed by atoms with van der Waals surface area (Å²) < 4.78 is 0. The average molecular weight is 346 g/mol. The van der Waals surface area contributed by atoms with Gasteiger partial charge in [0.15, 0.2) is 0 Å². The van der Waals surface area contributed by atoms with Gasteiger partial charge >= 0.3 is 0 Å². The highest BCUT2D eigenvalue weighted by atomic mass is 16.3. The Morgan fingerprint density at radius 2 is 2.20 bits per heavy atom. The van der Waals surface area contributed by atoms with Gasteiger partial charge in [-0.2, -0.15) is 0 Å². The second-order valence-electron chi connectivity index (χ2n) is 7.94. The van der Waals surface area contributed by atoms with Gasteiger partial charge in [0, 0.05) is 43.9 Å². The second-order valence-corrected chi connectivity index (χ2v) is 7.94. The standard InChI is InChI=1S/C18H26N4O3/c1-12-7-14(12)16(24)22-6-5-21(10-18(22)3-2-4-18)17(25)15(23)8-13-9-19-11-20-13/h9,11-12,14-15,23H,2-8,10H2,1H3,(H,19,20)/t12-,14-,15-/m0/s1. The zero-order valence-corrected chi connectivity index (χ0v) is 14.6. The topological polar surface area (TPSA) is 89.5 Å². The fourth-order valence-corrected chi connectivity index (χ4v) is 4.29. The van der Waals surface area contributed by atoms with Gasteiger partial charge in [-0.3, -0.25) is 9.59 Å². The summed E-state index contributed by atoms with van der Waals surface area (Å²) in [4.78, 5) is 36.1. The normalized spacial score (nSPS) is 28.6. The van der Waals surface area contributed by atoms with Crippen molar-refractivity contribution >= 4 is 11.8 Å². The van der Waals surface area contributed by atoms with Gasteiger partial charge in [-0.1, -0.05) is 6.92 Å². The summed E-state index contributed by atoms with van der Waals surface area (Å²) >= 11 is 0. The van der Waals surface area contributed by atoms with Gasteiger partial charge in [0.1, 0.15) is 6.10 Å². The molecule has 7 heteroatoms. The van der Waals surface area contributed by atoms with E-state index in [2.05, 4.69) is 21.8 Å². The third-order valence-corrected chi connectivity index (χ3v) is 6.19. The van der Waals surface area contributed by atoms with Gasteiger partial charge in [0.05, 0.1) is 11.9 Å². The lowest BCUT2D eigenvalue weighted by Crippen LogP contribution is -2.68. The predicted octanol–water partition coefficient (Wildman–Crippen LogP) is 0.563. The van der Waals surface area contributed by atoms with Crippen LogP contribution in [0.15, 0.2) is 12.5 Å². The van der Waals surface area contributed by atoms with E-state index in [1.54, 1.807) is 17.4 Å². The molecule has 1 spiro atoms. The first kappa shape index (κ1) is 16.6. The molecule has 2 saturated carbocycles. The van der Waals surface area contributed by atoms with Gasteiger partial charge in [0.25, 0.3) is 5.91 Å². The maximum atomic E-state index is 12.8. The summed E-state index contributed by atoms with van der Waals surface area (Å²) in [6.45, 7) is 3.78. The lowest BCUT2D eigenvalue weighted by Gasteiger charge is -2.56. The van der Waals surface area contributed by atoms with Crippen LogP contribution < -0.4 is 0 Å². The van der Waals surface area contributed by atoms with Crippen molar-refractivity contribution in [3.8, 4) is 0 Å². The van der Waals surface area contributed by atoms with E-state index in [1.165, 1.54) is 0 Å². The van der Waals surface area contributed by atoms with Crippen LogP contribution in [0.4, 0.5) is 0 Å². The Hall–Kier alpha value is -1.89. The Bertz CT molecular complexity index is 655. The molecular formula is C18H26N4O3. The highest BCUT2D eigenvalue weighted by Crippen LogP contribution is 2.46. The molecule has 2 amide bonds. The zero-order chi connectivity index (χ0) is 17.6. The monoisotopic (exact) mass is 346 g/mol. The number of nitrogens with zero attached hydrogens (tertiary/aromatic N) is 3. The Morgan fingerprint density at radius 3 is 2.76 bits per heavy atom. The number of hydrogen-bond donors (Lipinski definition) is 2. The van der Waals surface area contributed by atoms with Crippen LogP contribution in [-0.4, -0.2) is 68.0 Å². The zero-order valence-electron chi connectivity index (χ0n) is 14.6. The molecule has 3 fully saturated rings. The third-order valence-electron chi connectivity index (χ3n) is 6.19.